The fourth-order valence-corrected chi connectivity index (χ4v) is 2.64. The summed E-state index contributed by atoms with van der Waals surface area (Å²) in [7, 11) is 0. The van der Waals surface area contributed by atoms with Gasteiger partial charge in [0.2, 0.25) is 0 Å². The summed E-state index contributed by atoms with van der Waals surface area (Å²) in [6, 6.07) is -0.692. The molecule has 0 bridgehead atoms. The highest BCUT2D eigenvalue weighted by Crippen LogP contribution is 2.26. The third kappa shape index (κ3) is 1.96. The van der Waals surface area contributed by atoms with E-state index >= 15 is 0 Å². The summed E-state index contributed by atoms with van der Waals surface area (Å²) in [5.74, 6) is -0.257. The van der Waals surface area contributed by atoms with Crippen LogP contribution in [0.1, 0.15) is 38.5 Å². The highest BCUT2D eigenvalue weighted by Gasteiger charge is 2.43. The van der Waals surface area contributed by atoms with E-state index < -0.39 is 11.0 Å². The van der Waals surface area contributed by atoms with Crippen LogP contribution in [0, 0.1) is 10.1 Å². The van der Waals surface area contributed by atoms with Crippen LogP contribution in [0.25, 0.3) is 0 Å². The largest absolute Gasteiger partial charge is 0.333 e. The van der Waals surface area contributed by atoms with Gasteiger partial charge in [-0.2, -0.15) is 0 Å². The summed E-state index contributed by atoms with van der Waals surface area (Å²) < 4.78 is 0. The Labute approximate surface area is 88.6 Å². The van der Waals surface area contributed by atoms with Crippen LogP contribution in [0.2, 0.25) is 0 Å². The summed E-state index contributed by atoms with van der Waals surface area (Å²) in [5.41, 5.74) is 0. The average molecular weight is 212 g/mol. The number of likely N-dealkylation sites (tertiary alicyclic amines) is 1. The van der Waals surface area contributed by atoms with E-state index in [9.17, 15) is 14.9 Å². The molecule has 84 valence electrons. The van der Waals surface area contributed by atoms with Gasteiger partial charge in [0.25, 0.3) is 11.9 Å². The van der Waals surface area contributed by atoms with Crippen molar-refractivity contribution in [3.05, 3.63) is 10.1 Å². The number of amides is 1. The minimum atomic E-state index is -0.966. The summed E-state index contributed by atoms with van der Waals surface area (Å²) in [5, 5.41) is 10.6. The molecule has 1 saturated heterocycles. The van der Waals surface area contributed by atoms with Gasteiger partial charge in [0.15, 0.2) is 0 Å². The Morgan fingerprint density at radius 1 is 1.20 bits per heavy atom. The van der Waals surface area contributed by atoms with E-state index in [1.54, 1.807) is 4.90 Å². The fraction of sp³-hybridized carbons (Fsp3) is 0.900. The van der Waals surface area contributed by atoms with Gasteiger partial charge >= 0.3 is 0 Å². The van der Waals surface area contributed by atoms with Gasteiger partial charge < -0.3 is 4.90 Å². The SMILES string of the molecule is O=C1C([N+](=O)[O-])CCN1C1CCCCC1. The molecule has 0 aromatic rings. The van der Waals surface area contributed by atoms with Crippen LogP contribution in [0.3, 0.4) is 0 Å². The lowest BCUT2D eigenvalue weighted by Gasteiger charge is -2.30. The number of carbonyl (C=O) groups is 1. The minimum absolute atomic E-state index is 0.257. The molecular weight excluding hydrogens is 196 g/mol. The highest BCUT2D eigenvalue weighted by molar-refractivity contribution is 5.83. The van der Waals surface area contributed by atoms with Crippen molar-refractivity contribution in [3.63, 3.8) is 0 Å². The second kappa shape index (κ2) is 4.16. The Bertz CT molecular complexity index is 274. The number of hydrogen-bond donors (Lipinski definition) is 0. The molecule has 0 aromatic carbocycles. The molecule has 2 aliphatic rings. The summed E-state index contributed by atoms with van der Waals surface area (Å²) in [6.45, 7) is 0.579. The molecule has 1 unspecified atom stereocenters. The Morgan fingerprint density at radius 3 is 2.40 bits per heavy atom. The van der Waals surface area contributed by atoms with Crippen molar-refractivity contribution >= 4 is 5.91 Å². The second-order valence-electron chi connectivity index (χ2n) is 4.41. The number of nitro groups is 1. The van der Waals surface area contributed by atoms with E-state index in [1.165, 1.54) is 6.42 Å². The lowest BCUT2D eigenvalue weighted by atomic mass is 9.94. The van der Waals surface area contributed by atoms with Gasteiger partial charge in [-0.25, -0.2) is 0 Å². The van der Waals surface area contributed by atoms with Crippen molar-refractivity contribution in [3.8, 4) is 0 Å². The van der Waals surface area contributed by atoms with Gasteiger partial charge in [0.05, 0.1) is 0 Å². The van der Waals surface area contributed by atoms with Gasteiger partial charge in [-0.15, -0.1) is 0 Å². The minimum Gasteiger partial charge on any atom is -0.333 e. The van der Waals surface area contributed by atoms with Crippen molar-refractivity contribution in [2.75, 3.05) is 6.54 Å². The predicted molar refractivity (Wildman–Crippen MR) is 54.0 cm³/mol. The van der Waals surface area contributed by atoms with Crippen molar-refractivity contribution in [2.24, 2.45) is 0 Å². The molecule has 2 fully saturated rings. The van der Waals surface area contributed by atoms with E-state index in [-0.39, 0.29) is 11.9 Å². The first-order chi connectivity index (χ1) is 7.20. The zero-order valence-corrected chi connectivity index (χ0v) is 8.72. The van der Waals surface area contributed by atoms with Gasteiger partial charge in [-0.05, 0) is 12.8 Å². The molecule has 0 N–H and O–H groups in total. The first-order valence-corrected chi connectivity index (χ1v) is 5.64. The Hall–Kier alpha value is -1.13. The van der Waals surface area contributed by atoms with Crippen LogP contribution < -0.4 is 0 Å². The first-order valence-electron chi connectivity index (χ1n) is 5.64. The van der Waals surface area contributed by atoms with Gasteiger partial charge in [0, 0.05) is 23.9 Å². The molecule has 1 aliphatic carbocycles. The maximum Gasteiger partial charge on any atom is 0.297 e. The molecule has 0 radical (unpaired) electrons. The molecule has 1 amide bonds. The Kier molecular flexibility index (Phi) is 2.88. The lowest BCUT2D eigenvalue weighted by molar-refractivity contribution is -0.506. The summed E-state index contributed by atoms with van der Waals surface area (Å²) >= 11 is 0. The molecular formula is C10H16N2O3. The molecule has 5 heteroatoms. The lowest BCUT2D eigenvalue weighted by Crippen LogP contribution is -2.41. The molecule has 1 saturated carbocycles. The second-order valence-corrected chi connectivity index (χ2v) is 4.41. The van der Waals surface area contributed by atoms with E-state index in [0.29, 0.717) is 13.0 Å². The fourth-order valence-electron chi connectivity index (χ4n) is 2.64. The third-order valence-corrected chi connectivity index (χ3v) is 3.48. The molecule has 5 nitrogen and oxygen atoms in total. The van der Waals surface area contributed by atoms with E-state index in [1.807, 2.05) is 0 Å². The van der Waals surface area contributed by atoms with E-state index in [2.05, 4.69) is 0 Å². The maximum atomic E-state index is 11.7. The normalized spacial score (nSPS) is 28.4. The summed E-state index contributed by atoms with van der Waals surface area (Å²) in [6.07, 6.45) is 5.97. The van der Waals surface area contributed by atoms with Crippen LogP contribution in [0.4, 0.5) is 0 Å². The first kappa shape index (κ1) is 10.4. The van der Waals surface area contributed by atoms with Crippen molar-refractivity contribution in [2.45, 2.75) is 50.6 Å². The van der Waals surface area contributed by atoms with Crippen molar-refractivity contribution in [1.82, 2.24) is 4.90 Å². The summed E-state index contributed by atoms with van der Waals surface area (Å²) in [4.78, 5) is 23.6. The Balaban J connectivity index is 1.99. The standard InChI is InChI=1S/C10H16N2O3/c13-10-9(12(14)15)6-7-11(10)8-4-2-1-3-5-8/h8-9H,1-7H2. The monoisotopic (exact) mass is 212 g/mol. The highest BCUT2D eigenvalue weighted by atomic mass is 16.6. The number of rotatable bonds is 2. The van der Waals surface area contributed by atoms with Crippen LogP contribution >= 0.6 is 0 Å². The van der Waals surface area contributed by atoms with Gasteiger partial charge in [-0.3, -0.25) is 14.9 Å². The van der Waals surface area contributed by atoms with Crippen LogP contribution in [-0.2, 0) is 4.79 Å². The zero-order chi connectivity index (χ0) is 10.8. The predicted octanol–water partition coefficient (Wildman–Crippen LogP) is 1.20. The molecule has 1 heterocycles. The number of hydrogen-bond acceptors (Lipinski definition) is 3. The Morgan fingerprint density at radius 2 is 1.87 bits per heavy atom. The number of carbonyl (C=O) groups excluding carboxylic acids is 1. The molecule has 1 atom stereocenters. The van der Waals surface area contributed by atoms with Crippen LogP contribution in [0.15, 0.2) is 0 Å². The smallest absolute Gasteiger partial charge is 0.297 e. The van der Waals surface area contributed by atoms with E-state index in [0.717, 1.165) is 25.7 Å². The molecule has 0 spiro atoms. The van der Waals surface area contributed by atoms with Crippen LogP contribution in [-0.4, -0.2) is 34.4 Å². The third-order valence-electron chi connectivity index (χ3n) is 3.48. The maximum absolute atomic E-state index is 11.7. The number of nitrogens with zero attached hydrogens (tertiary/aromatic N) is 2. The molecule has 15 heavy (non-hydrogen) atoms. The van der Waals surface area contributed by atoms with Gasteiger partial charge in [-0.1, -0.05) is 19.3 Å². The topological polar surface area (TPSA) is 63.4 Å². The van der Waals surface area contributed by atoms with Crippen molar-refractivity contribution in [1.29, 1.82) is 0 Å². The molecule has 2 rings (SSSR count). The zero-order valence-electron chi connectivity index (χ0n) is 8.72. The quantitative estimate of drug-likeness (QED) is 0.510. The van der Waals surface area contributed by atoms with Crippen LogP contribution in [0.5, 0.6) is 0 Å². The van der Waals surface area contributed by atoms with E-state index in [4.69, 9.17) is 0 Å². The average Bonchev–Trinajstić information content (AvgIpc) is 2.61. The molecule has 0 aromatic heterocycles. The van der Waals surface area contributed by atoms with Crippen molar-refractivity contribution < 1.29 is 9.72 Å². The molecule has 1 aliphatic heterocycles. The van der Waals surface area contributed by atoms with Gasteiger partial charge in [0.1, 0.15) is 0 Å².